The molecule has 0 heterocycles. The minimum atomic E-state index is 0.0297. The van der Waals surface area contributed by atoms with E-state index in [0.717, 1.165) is 22.8 Å². The second-order valence-corrected chi connectivity index (χ2v) is 5.65. The molecule has 1 aromatic rings. The van der Waals surface area contributed by atoms with Gasteiger partial charge >= 0.3 is 0 Å². The molecule has 0 unspecified atom stereocenters. The Bertz CT molecular complexity index is 463. The Morgan fingerprint density at radius 1 is 1.33 bits per heavy atom. The van der Waals surface area contributed by atoms with Gasteiger partial charge in [0.1, 0.15) is 0 Å². The summed E-state index contributed by atoms with van der Waals surface area (Å²) in [7, 11) is 0. The van der Waals surface area contributed by atoms with Crippen LogP contribution in [0.1, 0.15) is 33.3 Å². The van der Waals surface area contributed by atoms with E-state index in [4.69, 9.17) is 11.6 Å². The van der Waals surface area contributed by atoms with Crippen LogP contribution in [0.2, 0.25) is 5.02 Å². The van der Waals surface area contributed by atoms with E-state index in [1.165, 1.54) is 0 Å². The van der Waals surface area contributed by atoms with Crippen molar-refractivity contribution >= 4 is 23.2 Å². The van der Waals surface area contributed by atoms with Crippen LogP contribution in [0.15, 0.2) is 18.2 Å². The zero-order valence-electron chi connectivity index (χ0n) is 13.4. The Morgan fingerprint density at radius 2 is 2.05 bits per heavy atom. The molecule has 0 aliphatic heterocycles. The molecule has 118 valence electrons. The summed E-state index contributed by atoms with van der Waals surface area (Å²) in [6, 6.07) is 6.22. The zero-order chi connectivity index (χ0) is 15.8. The summed E-state index contributed by atoms with van der Waals surface area (Å²) < 4.78 is 0. The van der Waals surface area contributed by atoms with Crippen LogP contribution in [0.4, 0.5) is 5.69 Å². The van der Waals surface area contributed by atoms with Gasteiger partial charge in [-0.15, -0.1) is 0 Å². The molecule has 0 saturated carbocycles. The van der Waals surface area contributed by atoms with E-state index >= 15 is 0 Å². The zero-order valence-corrected chi connectivity index (χ0v) is 14.1. The number of amides is 1. The summed E-state index contributed by atoms with van der Waals surface area (Å²) in [6.45, 7) is 10.6. The third kappa shape index (κ3) is 5.56. The lowest BCUT2D eigenvalue weighted by atomic mass is 10.1. The van der Waals surface area contributed by atoms with Gasteiger partial charge < -0.3 is 15.5 Å². The van der Waals surface area contributed by atoms with Crippen LogP contribution in [-0.2, 0) is 11.3 Å². The van der Waals surface area contributed by atoms with Gasteiger partial charge in [0.25, 0.3) is 0 Å². The third-order valence-electron chi connectivity index (χ3n) is 3.21. The number of nitrogens with zero attached hydrogens (tertiary/aromatic N) is 1. The molecule has 2 N–H and O–H groups in total. The first-order chi connectivity index (χ1) is 9.99. The van der Waals surface area contributed by atoms with Gasteiger partial charge in [-0.2, -0.15) is 0 Å². The number of hydrogen-bond acceptors (Lipinski definition) is 3. The molecule has 1 amide bonds. The van der Waals surface area contributed by atoms with Crippen LogP contribution in [0, 0.1) is 0 Å². The van der Waals surface area contributed by atoms with Crippen LogP contribution in [-0.4, -0.2) is 31.6 Å². The van der Waals surface area contributed by atoms with E-state index in [2.05, 4.69) is 24.5 Å². The fraction of sp³-hybridized carbons (Fsp3) is 0.562. The molecule has 0 saturated heterocycles. The van der Waals surface area contributed by atoms with E-state index in [-0.39, 0.29) is 5.91 Å². The number of rotatable bonds is 8. The lowest BCUT2D eigenvalue weighted by molar-refractivity contribution is -0.119. The van der Waals surface area contributed by atoms with Crippen molar-refractivity contribution in [2.24, 2.45) is 0 Å². The number of carbonyl (C=O) groups excluding carboxylic acids is 1. The van der Waals surface area contributed by atoms with Crippen molar-refractivity contribution in [3.63, 3.8) is 0 Å². The quantitative estimate of drug-likeness (QED) is 0.776. The van der Waals surface area contributed by atoms with Crippen molar-refractivity contribution in [1.82, 2.24) is 10.6 Å². The first kappa shape index (κ1) is 17.8. The molecule has 0 radical (unpaired) electrons. The number of hydrogen-bond donors (Lipinski definition) is 2. The molecular formula is C16H26ClN3O. The van der Waals surface area contributed by atoms with Crippen LogP contribution in [0.3, 0.4) is 0 Å². The first-order valence-electron chi connectivity index (χ1n) is 7.51. The van der Waals surface area contributed by atoms with Gasteiger partial charge in [-0.3, -0.25) is 4.79 Å². The summed E-state index contributed by atoms with van der Waals surface area (Å²) in [6.07, 6.45) is 0. The number of halogens is 1. The minimum absolute atomic E-state index is 0.0297. The fourth-order valence-corrected chi connectivity index (χ4v) is 2.35. The Balaban J connectivity index is 2.97. The number of benzene rings is 1. The maximum absolute atomic E-state index is 11.8. The average molecular weight is 312 g/mol. The van der Waals surface area contributed by atoms with E-state index in [1.807, 2.05) is 36.9 Å². The number of nitrogens with one attached hydrogen (secondary N) is 2. The maximum Gasteiger partial charge on any atom is 0.239 e. The van der Waals surface area contributed by atoms with Crippen molar-refractivity contribution in [2.75, 3.05) is 24.5 Å². The van der Waals surface area contributed by atoms with Crippen molar-refractivity contribution in [3.05, 3.63) is 28.8 Å². The topological polar surface area (TPSA) is 44.4 Å². The highest BCUT2D eigenvalue weighted by molar-refractivity contribution is 6.31. The molecule has 1 aromatic carbocycles. The highest BCUT2D eigenvalue weighted by Gasteiger charge is 2.15. The monoisotopic (exact) mass is 311 g/mol. The van der Waals surface area contributed by atoms with Gasteiger partial charge in [0.15, 0.2) is 0 Å². The Hall–Kier alpha value is -1.26. The normalized spacial score (nSPS) is 10.8. The van der Waals surface area contributed by atoms with Crippen LogP contribution >= 0.6 is 11.6 Å². The van der Waals surface area contributed by atoms with Gasteiger partial charge in [0.2, 0.25) is 5.91 Å². The Labute approximate surface area is 132 Å². The SMILES string of the molecule is CCNC(=O)CN(CC)c1cccc(Cl)c1CNC(C)C. The van der Waals surface area contributed by atoms with E-state index in [0.29, 0.717) is 25.7 Å². The average Bonchev–Trinajstić information content (AvgIpc) is 2.43. The van der Waals surface area contributed by atoms with E-state index in [1.54, 1.807) is 0 Å². The highest BCUT2D eigenvalue weighted by Crippen LogP contribution is 2.27. The predicted octanol–water partition coefficient (Wildman–Crippen LogP) is 2.80. The van der Waals surface area contributed by atoms with E-state index in [9.17, 15) is 4.79 Å². The summed E-state index contributed by atoms with van der Waals surface area (Å²) in [4.78, 5) is 13.9. The lowest BCUT2D eigenvalue weighted by Crippen LogP contribution is -2.38. The summed E-state index contributed by atoms with van der Waals surface area (Å²) in [5.41, 5.74) is 2.06. The summed E-state index contributed by atoms with van der Waals surface area (Å²) in [5.74, 6) is 0.0297. The molecule has 21 heavy (non-hydrogen) atoms. The van der Waals surface area contributed by atoms with Gasteiger partial charge in [-0.25, -0.2) is 0 Å². The fourth-order valence-electron chi connectivity index (χ4n) is 2.12. The van der Waals surface area contributed by atoms with Crippen LogP contribution in [0.25, 0.3) is 0 Å². The molecule has 0 fully saturated rings. The molecule has 4 nitrogen and oxygen atoms in total. The molecule has 0 aromatic heterocycles. The molecule has 5 heteroatoms. The van der Waals surface area contributed by atoms with Crippen molar-refractivity contribution in [2.45, 2.75) is 40.3 Å². The predicted molar refractivity (Wildman–Crippen MR) is 90.0 cm³/mol. The number of anilines is 1. The molecular weight excluding hydrogens is 286 g/mol. The second kappa shape index (κ2) is 8.90. The molecule has 0 atom stereocenters. The first-order valence-corrected chi connectivity index (χ1v) is 7.89. The van der Waals surface area contributed by atoms with Crippen molar-refractivity contribution in [1.29, 1.82) is 0 Å². The highest BCUT2D eigenvalue weighted by atomic mass is 35.5. The molecule has 0 aliphatic carbocycles. The second-order valence-electron chi connectivity index (χ2n) is 5.24. The van der Waals surface area contributed by atoms with Crippen LogP contribution in [0.5, 0.6) is 0 Å². The maximum atomic E-state index is 11.8. The van der Waals surface area contributed by atoms with Gasteiger partial charge in [-0.1, -0.05) is 31.5 Å². The molecule has 1 rings (SSSR count). The molecule has 0 spiro atoms. The smallest absolute Gasteiger partial charge is 0.239 e. The largest absolute Gasteiger partial charge is 0.362 e. The van der Waals surface area contributed by atoms with Gasteiger partial charge in [0.05, 0.1) is 6.54 Å². The van der Waals surface area contributed by atoms with Gasteiger partial charge in [-0.05, 0) is 26.0 Å². The molecule has 0 aliphatic rings. The molecule has 0 bridgehead atoms. The minimum Gasteiger partial charge on any atom is -0.362 e. The van der Waals surface area contributed by atoms with Gasteiger partial charge in [0, 0.05) is 41.9 Å². The van der Waals surface area contributed by atoms with E-state index < -0.39 is 0 Å². The number of likely N-dealkylation sites (N-methyl/N-ethyl adjacent to an activating group) is 2. The lowest BCUT2D eigenvalue weighted by Gasteiger charge is -2.26. The summed E-state index contributed by atoms with van der Waals surface area (Å²) >= 11 is 6.34. The summed E-state index contributed by atoms with van der Waals surface area (Å²) in [5, 5.41) is 6.96. The standard InChI is InChI=1S/C16H26ClN3O/c1-5-18-16(21)11-20(6-2)15-9-7-8-14(17)13(15)10-19-12(3)4/h7-9,12,19H,5-6,10-11H2,1-4H3,(H,18,21). The third-order valence-corrected chi connectivity index (χ3v) is 3.57. The Kier molecular flexibility index (Phi) is 7.54. The van der Waals surface area contributed by atoms with Crippen molar-refractivity contribution in [3.8, 4) is 0 Å². The number of carbonyl (C=O) groups is 1. The Morgan fingerprint density at radius 3 is 2.62 bits per heavy atom. The van der Waals surface area contributed by atoms with Crippen LogP contribution < -0.4 is 15.5 Å². The van der Waals surface area contributed by atoms with Crippen molar-refractivity contribution < 1.29 is 4.79 Å².